The van der Waals surface area contributed by atoms with Crippen LogP contribution in [0.4, 0.5) is 0 Å². The predicted octanol–water partition coefficient (Wildman–Crippen LogP) is 3.32. The van der Waals surface area contributed by atoms with Gasteiger partial charge >= 0.3 is 0 Å². The molecule has 28 heavy (non-hydrogen) atoms. The summed E-state index contributed by atoms with van der Waals surface area (Å²) in [5, 5.41) is 3.25. The van der Waals surface area contributed by atoms with Crippen LogP contribution in [0.5, 0.6) is 0 Å². The molecule has 4 fully saturated rings. The molecule has 152 valence electrons. The van der Waals surface area contributed by atoms with Crippen LogP contribution in [0.2, 0.25) is 0 Å². The minimum Gasteiger partial charge on any atom is -0.370 e. The Morgan fingerprint density at radius 2 is 2.14 bits per heavy atom. The fraction of sp³-hybridized carbons (Fsp3) is 0.708. The van der Waals surface area contributed by atoms with Gasteiger partial charge in [0, 0.05) is 44.4 Å². The monoisotopic (exact) mass is 382 g/mol. The van der Waals surface area contributed by atoms with E-state index < -0.39 is 0 Å². The van der Waals surface area contributed by atoms with Gasteiger partial charge in [-0.3, -0.25) is 9.69 Å². The number of amides is 1. The smallest absolute Gasteiger partial charge is 0.220 e. The number of rotatable bonds is 7. The number of likely N-dealkylation sites (tertiary alicyclic amines) is 1. The molecule has 2 bridgehead atoms. The first kappa shape index (κ1) is 18.6. The fourth-order valence-electron chi connectivity index (χ4n) is 6.20. The molecule has 1 aromatic rings. The van der Waals surface area contributed by atoms with Crippen LogP contribution in [0.1, 0.15) is 49.7 Å². The maximum atomic E-state index is 12.5. The Balaban J connectivity index is 1.14. The van der Waals surface area contributed by atoms with Gasteiger partial charge in [-0.2, -0.15) is 0 Å². The lowest BCUT2D eigenvalue weighted by Gasteiger charge is -2.31. The Hall–Kier alpha value is -1.39. The van der Waals surface area contributed by atoms with Crippen molar-refractivity contribution in [2.45, 2.75) is 63.6 Å². The topological polar surface area (TPSA) is 41.6 Å². The first-order valence-corrected chi connectivity index (χ1v) is 11.3. The number of nitrogens with zero attached hydrogens (tertiary/aromatic N) is 1. The van der Waals surface area contributed by atoms with Gasteiger partial charge in [0.2, 0.25) is 5.91 Å². The Kier molecular flexibility index (Phi) is 4.96. The average Bonchev–Trinajstić information content (AvgIpc) is 3.30. The number of hydrogen-bond donors (Lipinski definition) is 1. The van der Waals surface area contributed by atoms with Crippen LogP contribution in [0, 0.1) is 24.7 Å². The maximum Gasteiger partial charge on any atom is 0.220 e. The van der Waals surface area contributed by atoms with Crippen molar-refractivity contribution >= 4 is 5.91 Å². The van der Waals surface area contributed by atoms with E-state index in [1.54, 1.807) is 0 Å². The Bertz CT molecular complexity index is 731. The van der Waals surface area contributed by atoms with Gasteiger partial charge in [0.25, 0.3) is 0 Å². The van der Waals surface area contributed by atoms with Gasteiger partial charge in [0.05, 0.1) is 11.7 Å². The van der Waals surface area contributed by atoms with Crippen molar-refractivity contribution in [1.29, 1.82) is 0 Å². The van der Waals surface area contributed by atoms with Gasteiger partial charge in [0.1, 0.15) is 0 Å². The summed E-state index contributed by atoms with van der Waals surface area (Å²) >= 11 is 0. The zero-order valence-electron chi connectivity index (χ0n) is 17.2. The highest BCUT2D eigenvalue weighted by Crippen LogP contribution is 2.54. The molecular formula is C24H34N2O2. The summed E-state index contributed by atoms with van der Waals surface area (Å²) in [6, 6.07) is 8.36. The summed E-state index contributed by atoms with van der Waals surface area (Å²) in [6.07, 6.45) is 8.42. The van der Waals surface area contributed by atoms with Crippen LogP contribution in [0.15, 0.2) is 24.3 Å². The average molecular weight is 383 g/mol. The van der Waals surface area contributed by atoms with Gasteiger partial charge in [-0.25, -0.2) is 0 Å². The molecule has 0 radical (unpaired) electrons. The first-order valence-electron chi connectivity index (χ1n) is 11.3. The van der Waals surface area contributed by atoms with Crippen LogP contribution in [-0.4, -0.2) is 48.7 Å². The predicted molar refractivity (Wildman–Crippen MR) is 110 cm³/mol. The Morgan fingerprint density at radius 3 is 2.93 bits per heavy atom. The van der Waals surface area contributed by atoms with E-state index in [4.69, 9.17) is 4.74 Å². The van der Waals surface area contributed by atoms with Gasteiger partial charge < -0.3 is 10.1 Å². The molecule has 0 aromatic heterocycles. The van der Waals surface area contributed by atoms with E-state index >= 15 is 0 Å². The van der Waals surface area contributed by atoms with Crippen molar-refractivity contribution in [2.75, 3.05) is 26.2 Å². The first-order chi connectivity index (χ1) is 13.6. The van der Waals surface area contributed by atoms with E-state index in [-0.39, 0.29) is 11.5 Å². The highest BCUT2D eigenvalue weighted by molar-refractivity contribution is 5.76. The third-order valence-electron chi connectivity index (χ3n) is 8.01. The number of nitrogens with one attached hydrogen (secondary N) is 1. The molecule has 0 unspecified atom stereocenters. The minimum atomic E-state index is 0.102. The van der Waals surface area contributed by atoms with E-state index in [2.05, 4.69) is 41.4 Å². The SMILES string of the molecule is Cc1ccccc1CCC(=O)NC[C@H]1[C@H]2CN(CC3CCC3)C[C@]23CC[C@H]1O3. The van der Waals surface area contributed by atoms with Crippen molar-refractivity contribution in [3.05, 3.63) is 35.4 Å². The zero-order valence-corrected chi connectivity index (χ0v) is 17.2. The van der Waals surface area contributed by atoms with Gasteiger partial charge in [-0.15, -0.1) is 0 Å². The van der Waals surface area contributed by atoms with Crippen LogP contribution in [0.25, 0.3) is 0 Å². The zero-order chi connectivity index (χ0) is 19.1. The molecule has 4 heteroatoms. The molecule has 3 saturated heterocycles. The standard InChI is InChI=1S/C24H34N2O2/c1-17-5-2-3-8-19(17)9-10-23(27)25-13-20-21-15-26(14-18-6-4-7-18)16-24(21)12-11-22(20)28-24/h2-3,5,8,18,20-22H,4,6-7,9-16H2,1H3,(H,25,27)/t20-,21+,22+,24+/m0/s1. The second-order valence-corrected chi connectivity index (χ2v) is 9.75. The molecule has 1 aliphatic carbocycles. The molecule has 3 aliphatic heterocycles. The number of fused-ring (bicyclic) bond motifs is 1. The Labute approximate surface area is 169 Å². The molecule has 3 heterocycles. The highest BCUT2D eigenvalue weighted by Gasteiger charge is 2.62. The number of carbonyl (C=O) groups excluding carboxylic acids is 1. The minimum absolute atomic E-state index is 0.102. The largest absolute Gasteiger partial charge is 0.370 e. The van der Waals surface area contributed by atoms with E-state index in [1.165, 1.54) is 56.3 Å². The van der Waals surface area contributed by atoms with Crippen LogP contribution in [0.3, 0.4) is 0 Å². The van der Waals surface area contributed by atoms with Gasteiger partial charge in [-0.1, -0.05) is 30.7 Å². The second-order valence-electron chi connectivity index (χ2n) is 9.75. The lowest BCUT2D eigenvalue weighted by atomic mass is 9.73. The summed E-state index contributed by atoms with van der Waals surface area (Å²) in [5.41, 5.74) is 2.66. The van der Waals surface area contributed by atoms with Gasteiger partial charge in [0.15, 0.2) is 0 Å². The molecular weight excluding hydrogens is 348 g/mol. The second kappa shape index (κ2) is 7.46. The van der Waals surface area contributed by atoms with E-state index in [9.17, 15) is 4.79 Å². The van der Waals surface area contributed by atoms with Crippen molar-refractivity contribution in [1.82, 2.24) is 10.2 Å². The third kappa shape index (κ3) is 3.39. The molecule has 1 saturated carbocycles. The maximum absolute atomic E-state index is 12.5. The normalized spacial score (nSPS) is 34.4. The van der Waals surface area contributed by atoms with E-state index in [1.807, 2.05) is 0 Å². The van der Waals surface area contributed by atoms with Crippen molar-refractivity contribution in [3.8, 4) is 0 Å². The molecule has 5 rings (SSSR count). The number of benzene rings is 1. The van der Waals surface area contributed by atoms with Gasteiger partial charge in [-0.05, 0) is 56.1 Å². The summed E-state index contributed by atoms with van der Waals surface area (Å²) in [7, 11) is 0. The quantitative estimate of drug-likeness (QED) is 0.787. The van der Waals surface area contributed by atoms with E-state index in [0.717, 1.165) is 25.4 Å². The summed E-state index contributed by atoms with van der Waals surface area (Å²) in [5.74, 6) is 2.22. The fourth-order valence-corrected chi connectivity index (χ4v) is 6.20. The summed E-state index contributed by atoms with van der Waals surface area (Å²) < 4.78 is 6.54. The van der Waals surface area contributed by atoms with E-state index in [0.29, 0.717) is 24.4 Å². The number of carbonyl (C=O) groups is 1. The molecule has 4 aliphatic rings. The molecule has 4 nitrogen and oxygen atoms in total. The number of hydrogen-bond acceptors (Lipinski definition) is 3. The number of ether oxygens (including phenoxy) is 1. The molecule has 1 spiro atoms. The Morgan fingerprint density at radius 1 is 1.29 bits per heavy atom. The van der Waals surface area contributed by atoms with Crippen LogP contribution in [-0.2, 0) is 16.0 Å². The van der Waals surface area contributed by atoms with Crippen molar-refractivity contribution < 1.29 is 9.53 Å². The van der Waals surface area contributed by atoms with Crippen LogP contribution < -0.4 is 5.32 Å². The lowest BCUT2D eigenvalue weighted by Crippen LogP contribution is -2.41. The van der Waals surface area contributed by atoms with Crippen molar-refractivity contribution in [3.63, 3.8) is 0 Å². The molecule has 1 N–H and O–H groups in total. The lowest BCUT2D eigenvalue weighted by molar-refractivity contribution is -0.121. The molecule has 4 atom stereocenters. The summed E-state index contributed by atoms with van der Waals surface area (Å²) in [6.45, 7) is 6.48. The molecule has 1 amide bonds. The van der Waals surface area contributed by atoms with Crippen LogP contribution >= 0.6 is 0 Å². The highest BCUT2D eigenvalue weighted by atomic mass is 16.5. The molecule has 1 aromatic carbocycles. The summed E-state index contributed by atoms with van der Waals surface area (Å²) in [4.78, 5) is 15.1. The number of aryl methyl sites for hydroxylation is 2. The third-order valence-corrected chi connectivity index (χ3v) is 8.01. The van der Waals surface area contributed by atoms with Crippen molar-refractivity contribution in [2.24, 2.45) is 17.8 Å².